The lowest BCUT2D eigenvalue weighted by molar-refractivity contribution is 0.293. The molecule has 2 N–H and O–H groups in total. The molecule has 0 aliphatic heterocycles. The topological polar surface area (TPSA) is 40.5 Å². The summed E-state index contributed by atoms with van der Waals surface area (Å²) in [6.07, 6.45) is 1.22. The maximum absolute atomic E-state index is 9.72. The molecule has 128 valence electrons. The maximum Gasteiger partial charge on any atom is 0.0471 e. The van der Waals surface area contributed by atoms with Crippen molar-refractivity contribution in [1.29, 1.82) is 0 Å². The minimum atomic E-state index is 0.108. The Kier molecular flexibility index (Phi) is 3.56. The van der Waals surface area contributed by atoms with Crippen LogP contribution in [0.2, 0.25) is 0 Å². The van der Waals surface area contributed by atoms with Crippen molar-refractivity contribution in [3.05, 3.63) is 71.8 Å². The minimum Gasteiger partial charge on any atom is -0.396 e. The molecule has 0 aromatic heterocycles. The highest BCUT2D eigenvalue weighted by Crippen LogP contribution is 2.42. The van der Waals surface area contributed by atoms with Gasteiger partial charge in [-0.1, -0.05) is 60.7 Å². The van der Waals surface area contributed by atoms with Crippen molar-refractivity contribution in [3.8, 4) is 0 Å². The lowest BCUT2D eigenvalue weighted by Crippen LogP contribution is -2.03. The first-order valence-electron chi connectivity index (χ1n) is 9.15. The Labute approximate surface area is 151 Å². The lowest BCUT2D eigenvalue weighted by atomic mass is 9.84. The predicted molar refractivity (Wildman–Crippen MR) is 109 cm³/mol. The first-order chi connectivity index (χ1) is 12.8. The highest BCUT2D eigenvalue weighted by Gasteiger charge is 2.17. The minimum absolute atomic E-state index is 0.108. The molecule has 0 saturated carbocycles. The smallest absolute Gasteiger partial charge is 0.0471 e. The second kappa shape index (κ2) is 5.94. The van der Waals surface area contributed by atoms with Crippen LogP contribution in [0.1, 0.15) is 11.1 Å². The van der Waals surface area contributed by atoms with Crippen molar-refractivity contribution in [2.24, 2.45) is 0 Å². The fraction of sp³-hybridized carbons (Fsp3) is 0.167. The third kappa shape index (κ3) is 2.06. The monoisotopic (exact) mass is 340 g/mol. The van der Waals surface area contributed by atoms with Crippen molar-refractivity contribution in [2.45, 2.75) is 12.8 Å². The fourth-order valence-corrected chi connectivity index (χ4v) is 4.59. The Balaban J connectivity index is 2.13. The van der Waals surface area contributed by atoms with Gasteiger partial charge >= 0.3 is 0 Å². The molecule has 2 nitrogen and oxygen atoms in total. The molecule has 0 atom stereocenters. The van der Waals surface area contributed by atoms with Gasteiger partial charge in [0.25, 0.3) is 0 Å². The van der Waals surface area contributed by atoms with Crippen LogP contribution in [0.4, 0.5) is 0 Å². The SMILES string of the molecule is OCCc1cc2cccc3c4cccc5cccc(c(c1CCO)c23)c54. The van der Waals surface area contributed by atoms with E-state index in [9.17, 15) is 10.2 Å². The van der Waals surface area contributed by atoms with Crippen LogP contribution in [0, 0.1) is 0 Å². The molecule has 5 rings (SSSR count). The molecule has 5 aromatic rings. The van der Waals surface area contributed by atoms with Gasteiger partial charge in [-0.15, -0.1) is 0 Å². The third-order valence-corrected chi connectivity index (χ3v) is 5.57. The van der Waals surface area contributed by atoms with Crippen LogP contribution < -0.4 is 0 Å². The molecule has 0 radical (unpaired) electrons. The van der Waals surface area contributed by atoms with Crippen molar-refractivity contribution in [1.82, 2.24) is 0 Å². The van der Waals surface area contributed by atoms with Gasteiger partial charge in [0.05, 0.1) is 0 Å². The summed E-state index contributed by atoms with van der Waals surface area (Å²) in [6, 6.07) is 21.6. The van der Waals surface area contributed by atoms with Crippen LogP contribution in [-0.2, 0) is 12.8 Å². The molecule has 5 aromatic carbocycles. The number of aliphatic hydroxyl groups excluding tert-OH is 2. The summed E-state index contributed by atoms with van der Waals surface area (Å²) in [5, 5.41) is 29.3. The van der Waals surface area contributed by atoms with E-state index in [0.29, 0.717) is 12.8 Å². The van der Waals surface area contributed by atoms with Crippen molar-refractivity contribution < 1.29 is 10.2 Å². The molecule has 0 aliphatic carbocycles. The number of hydrogen-bond acceptors (Lipinski definition) is 2. The number of rotatable bonds is 4. The second-order valence-corrected chi connectivity index (χ2v) is 6.95. The van der Waals surface area contributed by atoms with E-state index in [0.717, 1.165) is 5.56 Å². The van der Waals surface area contributed by atoms with E-state index in [2.05, 4.69) is 60.7 Å². The van der Waals surface area contributed by atoms with E-state index in [-0.39, 0.29) is 13.2 Å². The van der Waals surface area contributed by atoms with Gasteiger partial charge in [-0.2, -0.15) is 0 Å². The summed E-state index contributed by atoms with van der Waals surface area (Å²) >= 11 is 0. The number of hydrogen-bond donors (Lipinski definition) is 2. The maximum atomic E-state index is 9.72. The molecule has 0 bridgehead atoms. The van der Waals surface area contributed by atoms with Gasteiger partial charge in [-0.25, -0.2) is 0 Å². The third-order valence-electron chi connectivity index (χ3n) is 5.57. The number of aliphatic hydroxyl groups is 2. The number of benzene rings is 5. The van der Waals surface area contributed by atoms with Crippen LogP contribution in [0.15, 0.2) is 60.7 Å². The largest absolute Gasteiger partial charge is 0.396 e. The quantitative estimate of drug-likeness (QED) is 0.364. The van der Waals surface area contributed by atoms with E-state index < -0.39 is 0 Å². The van der Waals surface area contributed by atoms with Crippen molar-refractivity contribution in [2.75, 3.05) is 13.2 Å². The van der Waals surface area contributed by atoms with Crippen LogP contribution in [0.3, 0.4) is 0 Å². The van der Waals surface area contributed by atoms with E-state index in [1.165, 1.54) is 48.7 Å². The summed E-state index contributed by atoms with van der Waals surface area (Å²) in [5.41, 5.74) is 2.31. The summed E-state index contributed by atoms with van der Waals surface area (Å²) in [5.74, 6) is 0. The fourth-order valence-electron chi connectivity index (χ4n) is 4.59. The zero-order valence-corrected chi connectivity index (χ0v) is 14.5. The second-order valence-electron chi connectivity index (χ2n) is 6.95. The van der Waals surface area contributed by atoms with E-state index >= 15 is 0 Å². The standard InChI is InChI=1S/C24H20O2/c25-12-10-16-14-17-6-3-8-20-19-7-1-4-15-5-2-9-21(22(15)19)24(23(17)20)18(16)11-13-26/h1-9,14,25-26H,10-13H2. The Hall–Kier alpha value is -2.68. The van der Waals surface area contributed by atoms with Crippen molar-refractivity contribution in [3.63, 3.8) is 0 Å². The Morgan fingerprint density at radius 1 is 0.577 bits per heavy atom. The molecule has 0 unspecified atom stereocenters. The van der Waals surface area contributed by atoms with Gasteiger partial charge in [0.1, 0.15) is 0 Å². The van der Waals surface area contributed by atoms with Gasteiger partial charge in [0, 0.05) is 13.2 Å². The molecule has 26 heavy (non-hydrogen) atoms. The normalized spacial score (nSPS) is 12.1. The lowest BCUT2D eigenvalue weighted by Gasteiger charge is -2.19. The highest BCUT2D eigenvalue weighted by molar-refractivity contribution is 6.33. The van der Waals surface area contributed by atoms with Crippen LogP contribution >= 0.6 is 0 Å². The number of fused-ring (bicyclic) bond motifs is 2. The molecule has 0 saturated heterocycles. The summed E-state index contributed by atoms with van der Waals surface area (Å²) < 4.78 is 0. The molecule has 0 fully saturated rings. The van der Waals surface area contributed by atoms with E-state index in [1.54, 1.807) is 0 Å². The Morgan fingerprint density at radius 3 is 1.88 bits per heavy atom. The van der Waals surface area contributed by atoms with Crippen LogP contribution in [0.5, 0.6) is 0 Å². The van der Waals surface area contributed by atoms with Crippen LogP contribution in [0.25, 0.3) is 43.1 Å². The van der Waals surface area contributed by atoms with Gasteiger partial charge in [-0.05, 0) is 67.1 Å². The van der Waals surface area contributed by atoms with Gasteiger partial charge in [-0.3, -0.25) is 0 Å². The molecule has 0 spiro atoms. The van der Waals surface area contributed by atoms with Crippen molar-refractivity contribution >= 4 is 43.1 Å². The molecule has 0 heterocycles. The first kappa shape index (κ1) is 15.6. The molecular formula is C24H20O2. The molecule has 0 aliphatic rings. The average molecular weight is 340 g/mol. The average Bonchev–Trinajstić information content (AvgIpc) is 2.67. The van der Waals surface area contributed by atoms with E-state index in [1.807, 2.05) is 0 Å². The zero-order valence-electron chi connectivity index (χ0n) is 14.5. The summed E-state index contributed by atoms with van der Waals surface area (Å²) in [7, 11) is 0. The summed E-state index contributed by atoms with van der Waals surface area (Å²) in [6.45, 7) is 0.223. The van der Waals surface area contributed by atoms with Gasteiger partial charge < -0.3 is 10.2 Å². The summed E-state index contributed by atoms with van der Waals surface area (Å²) in [4.78, 5) is 0. The first-order valence-corrected chi connectivity index (χ1v) is 9.15. The van der Waals surface area contributed by atoms with Crippen LogP contribution in [-0.4, -0.2) is 23.4 Å². The molecule has 0 amide bonds. The van der Waals surface area contributed by atoms with E-state index in [4.69, 9.17) is 0 Å². The molecule has 2 heteroatoms. The predicted octanol–water partition coefficient (Wildman–Crippen LogP) is 4.81. The zero-order chi connectivity index (χ0) is 17.7. The Morgan fingerprint density at radius 2 is 1.19 bits per heavy atom. The van der Waals surface area contributed by atoms with Gasteiger partial charge in [0.15, 0.2) is 0 Å². The highest BCUT2D eigenvalue weighted by atomic mass is 16.3. The molecular weight excluding hydrogens is 320 g/mol. The Bertz CT molecular complexity index is 1250. The van der Waals surface area contributed by atoms with Gasteiger partial charge in [0.2, 0.25) is 0 Å².